The molecule has 3 nitrogen and oxygen atoms in total. The molecule has 0 spiro atoms. The second-order valence-corrected chi connectivity index (χ2v) is 3.87. The molecule has 1 N–H and O–H groups in total. The van der Waals surface area contributed by atoms with E-state index in [1.807, 2.05) is 0 Å². The van der Waals surface area contributed by atoms with Gasteiger partial charge in [0.15, 0.2) is 6.10 Å². The lowest BCUT2D eigenvalue weighted by Crippen LogP contribution is -2.24. The summed E-state index contributed by atoms with van der Waals surface area (Å²) in [6, 6.07) is 3.21. The van der Waals surface area contributed by atoms with E-state index in [0.29, 0.717) is 22.2 Å². The number of halogens is 2. The number of fused-ring (bicyclic) bond motifs is 1. The third-order valence-corrected chi connectivity index (χ3v) is 2.53. The number of carbonyl (C=O) groups is 1. The van der Waals surface area contributed by atoms with Crippen LogP contribution in [-0.2, 0) is 11.2 Å². The lowest BCUT2D eigenvalue weighted by atomic mass is 10.1. The highest BCUT2D eigenvalue weighted by atomic mass is 35.5. The zero-order valence-corrected chi connectivity index (χ0v) is 8.47. The predicted octanol–water partition coefficient (Wildman–Crippen LogP) is 2.38. The SMILES string of the molecule is O=C(O)C1Cc2cc(Cl)cc(Cl)c2O1. The monoisotopic (exact) mass is 232 g/mol. The van der Waals surface area contributed by atoms with Crippen LogP contribution in [0.25, 0.3) is 0 Å². The van der Waals surface area contributed by atoms with E-state index >= 15 is 0 Å². The van der Waals surface area contributed by atoms with E-state index in [0.717, 1.165) is 5.56 Å². The molecule has 0 fully saturated rings. The average molecular weight is 233 g/mol. The summed E-state index contributed by atoms with van der Waals surface area (Å²) in [5.74, 6) is -0.558. The normalized spacial score (nSPS) is 18.9. The number of carboxylic acids is 1. The molecule has 5 heteroatoms. The van der Waals surface area contributed by atoms with Crippen LogP contribution in [0.15, 0.2) is 12.1 Å². The van der Waals surface area contributed by atoms with E-state index in [4.69, 9.17) is 33.0 Å². The molecule has 0 saturated heterocycles. The number of carboxylic acid groups (broad SMARTS) is 1. The van der Waals surface area contributed by atoms with Gasteiger partial charge in [-0.25, -0.2) is 4.79 Å². The zero-order chi connectivity index (χ0) is 10.3. The van der Waals surface area contributed by atoms with Crippen LogP contribution in [-0.4, -0.2) is 17.2 Å². The number of aliphatic carboxylic acids is 1. The second-order valence-electron chi connectivity index (χ2n) is 3.02. The largest absolute Gasteiger partial charge is 0.478 e. The van der Waals surface area contributed by atoms with Crippen LogP contribution in [0.5, 0.6) is 5.75 Å². The lowest BCUT2D eigenvalue weighted by Gasteiger charge is -2.05. The van der Waals surface area contributed by atoms with Gasteiger partial charge in [-0.15, -0.1) is 0 Å². The molecule has 0 aromatic heterocycles. The minimum atomic E-state index is -0.992. The van der Waals surface area contributed by atoms with Gasteiger partial charge in [-0.05, 0) is 12.1 Å². The first-order valence-corrected chi connectivity index (χ1v) is 4.71. The minimum absolute atomic E-state index is 0.310. The zero-order valence-electron chi connectivity index (χ0n) is 6.96. The molecule has 1 aliphatic rings. The van der Waals surface area contributed by atoms with Gasteiger partial charge in [0.2, 0.25) is 0 Å². The van der Waals surface area contributed by atoms with Crippen molar-refractivity contribution in [2.75, 3.05) is 0 Å². The van der Waals surface area contributed by atoms with E-state index in [-0.39, 0.29) is 0 Å². The van der Waals surface area contributed by atoms with Crippen LogP contribution in [0.4, 0.5) is 0 Å². The van der Waals surface area contributed by atoms with Crippen LogP contribution >= 0.6 is 23.2 Å². The average Bonchev–Trinajstić information content (AvgIpc) is 2.47. The highest BCUT2D eigenvalue weighted by Crippen LogP contribution is 2.38. The van der Waals surface area contributed by atoms with Crippen molar-refractivity contribution in [1.29, 1.82) is 0 Å². The quantitative estimate of drug-likeness (QED) is 0.809. The van der Waals surface area contributed by atoms with Crippen molar-refractivity contribution in [3.8, 4) is 5.75 Å². The number of hydrogen-bond donors (Lipinski definition) is 1. The smallest absolute Gasteiger partial charge is 0.345 e. The van der Waals surface area contributed by atoms with E-state index in [9.17, 15) is 4.79 Å². The molecule has 1 atom stereocenters. The van der Waals surface area contributed by atoms with E-state index in [1.54, 1.807) is 6.07 Å². The Morgan fingerprint density at radius 1 is 1.50 bits per heavy atom. The van der Waals surface area contributed by atoms with Crippen LogP contribution in [0, 0.1) is 0 Å². The molecule has 0 bridgehead atoms. The molecule has 74 valence electrons. The summed E-state index contributed by atoms with van der Waals surface area (Å²) < 4.78 is 5.16. The van der Waals surface area contributed by atoms with Crippen molar-refractivity contribution < 1.29 is 14.6 Å². The van der Waals surface area contributed by atoms with Crippen LogP contribution < -0.4 is 4.74 Å². The van der Waals surface area contributed by atoms with Crippen molar-refractivity contribution >= 4 is 29.2 Å². The third-order valence-electron chi connectivity index (χ3n) is 2.03. The predicted molar refractivity (Wildman–Crippen MR) is 52.2 cm³/mol. The van der Waals surface area contributed by atoms with Crippen molar-refractivity contribution in [1.82, 2.24) is 0 Å². The second kappa shape index (κ2) is 3.33. The highest BCUT2D eigenvalue weighted by Gasteiger charge is 2.30. The Hall–Kier alpha value is -0.930. The molecule has 2 rings (SSSR count). The molecule has 1 heterocycles. The first kappa shape index (κ1) is 9.62. The summed E-state index contributed by atoms with van der Waals surface area (Å²) >= 11 is 11.6. The van der Waals surface area contributed by atoms with Gasteiger partial charge in [0, 0.05) is 17.0 Å². The van der Waals surface area contributed by atoms with Gasteiger partial charge >= 0.3 is 5.97 Å². The number of hydrogen-bond acceptors (Lipinski definition) is 2. The van der Waals surface area contributed by atoms with Crippen LogP contribution in [0.2, 0.25) is 10.0 Å². The first-order valence-electron chi connectivity index (χ1n) is 3.95. The molecule has 1 aromatic rings. The number of rotatable bonds is 1. The molecule has 1 aliphatic heterocycles. The summed E-state index contributed by atoms with van der Waals surface area (Å²) in [6.07, 6.45) is -0.536. The Morgan fingerprint density at radius 2 is 2.21 bits per heavy atom. The summed E-state index contributed by atoms with van der Waals surface area (Å²) in [5.41, 5.74) is 0.745. The Kier molecular flexibility index (Phi) is 2.29. The van der Waals surface area contributed by atoms with Crippen LogP contribution in [0.3, 0.4) is 0 Å². The van der Waals surface area contributed by atoms with Gasteiger partial charge < -0.3 is 9.84 Å². The lowest BCUT2D eigenvalue weighted by molar-refractivity contribution is -0.144. The fourth-order valence-corrected chi connectivity index (χ4v) is 2.00. The molecule has 0 amide bonds. The molecular formula is C9H6Cl2O3. The van der Waals surface area contributed by atoms with E-state index in [2.05, 4.69) is 0 Å². The molecule has 14 heavy (non-hydrogen) atoms. The number of benzene rings is 1. The Morgan fingerprint density at radius 3 is 2.86 bits per heavy atom. The molecule has 1 unspecified atom stereocenters. The maximum absolute atomic E-state index is 10.7. The van der Waals surface area contributed by atoms with Crippen LogP contribution in [0.1, 0.15) is 5.56 Å². The molecule has 0 saturated carbocycles. The fraction of sp³-hybridized carbons (Fsp3) is 0.222. The fourth-order valence-electron chi connectivity index (χ4n) is 1.42. The van der Waals surface area contributed by atoms with Crippen molar-refractivity contribution in [3.05, 3.63) is 27.7 Å². The number of ether oxygens (including phenoxy) is 1. The summed E-state index contributed by atoms with van der Waals surface area (Å²) in [4.78, 5) is 10.7. The maximum atomic E-state index is 10.7. The third kappa shape index (κ3) is 1.53. The first-order chi connectivity index (χ1) is 6.58. The van der Waals surface area contributed by atoms with E-state index in [1.165, 1.54) is 6.07 Å². The van der Waals surface area contributed by atoms with Gasteiger partial charge in [-0.2, -0.15) is 0 Å². The van der Waals surface area contributed by atoms with Crippen molar-refractivity contribution in [2.45, 2.75) is 12.5 Å². The van der Waals surface area contributed by atoms with Crippen molar-refractivity contribution in [2.24, 2.45) is 0 Å². The molecule has 0 aliphatic carbocycles. The van der Waals surface area contributed by atoms with Gasteiger partial charge in [0.05, 0.1) is 5.02 Å². The van der Waals surface area contributed by atoms with E-state index < -0.39 is 12.1 Å². The van der Waals surface area contributed by atoms with Gasteiger partial charge in [0.1, 0.15) is 5.75 Å². The topological polar surface area (TPSA) is 46.5 Å². The van der Waals surface area contributed by atoms with Gasteiger partial charge in [-0.1, -0.05) is 23.2 Å². The Labute approximate surface area is 90.2 Å². The minimum Gasteiger partial charge on any atom is -0.478 e. The molecular weight excluding hydrogens is 227 g/mol. The maximum Gasteiger partial charge on any atom is 0.345 e. The summed E-state index contributed by atoms with van der Waals surface area (Å²) in [7, 11) is 0. The Bertz CT molecular complexity index is 403. The van der Waals surface area contributed by atoms with Gasteiger partial charge in [-0.3, -0.25) is 0 Å². The Balaban J connectivity index is 2.39. The molecule has 0 radical (unpaired) electrons. The highest BCUT2D eigenvalue weighted by molar-refractivity contribution is 6.35. The standard InChI is InChI=1S/C9H6Cl2O3/c10-5-1-4-2-7(9(12)13)14-8(4)6(11)3-5/h1,3,7H,2H2,(H,12,13). The molecule has 1 aromatic carbocycles. The van der Waals surface area contributed by atoms with Crippen molar-refractivity contribution in [3.63, 3.8) is 0 Å². The summed E-state index contributed by atoms with van der Waals surface area (Å²) in [6.45, 7) is 0. The summed E-state index contributed by atoms with van der Waals surface area (Å²) in [5, 5.41) is 9.59. The van der Waals surface area contributed by atoms with Gasteiger partial charge in [0.25, 0.3) is 0 Å².